The number of aliphatic imine (C=N–C) groups is 2. The van der Waals surface area contributed by atoms with Gasteiger partial charge in [0, 0.05) is 32.8 Å². The highest BCUT2D eigenvalue weighted by atomic mass is 16.3. The number of fused-ring (bicyclic) bond motifs is 8. The zero-order chi connectivity index (χ0) is 45.7. The normalized spacial score (nSPS) is 13.7. The van der Waals surface area contributed by atoms with E-state index in [1.54, 1.807) is 0 Å². The summed E-state index contributed by atoms with van der Waals surface area (Å²) in [5.41, 5.74) is 16.2. The van der Waals surface area contributed by atoms with Crippen molar-refractivity contribution in [3.8, 4) is 55.6 Å². The zero-order valence-corrected chi connectivity index (χ0v) is 37.6. The fraction of sp³-hybridized carbons (Fsp3) is 0.0154. The number of hydrogen-bond donors (Lipinski definition) is 1. The highest BCUT2D eigenvalue weighted by molar-refractivity contribution is 6.31. The van der Waals surface area contributed by atoms with E-state index in [-0.39, 0.29) is 6.17 Å². The molecule has 0 fully saturated rings. The molecule has 13 rings (SSSR count). The minimum atomic E-state index is -0.369. The van der Waals surface area contributed by atoms with Crippen LogP contribution in [-0.2, 0) is 0 Å². The van der Waals surface area contributed by atoms with Gasteiger partial charge >= 0.3 is 0 Å². The summed E-state index contributed by atoms with van der Waals surface area (Å²) in [4.78, 5) is 10.4. The molecule has 0 amide bonds. The number of hydrogen-bond acceptors (Lipinski definition) is 4. The number of amidine groups is 2. The molecule has 2 heterocycles. The number of benzene rings is 11. The van der Waals surface area contributed by atoms with E-state index in [4.69, 9.17) is 14.4 Å². The van der Waals surface area contributed by atoms with Gasteiger partial charge in [-0.2, -0.15) is 0 Å². The van der Waals surface area contributed by atoms with Gasteiger partial charge in [0.15, 0.2) is 5.84 Å². The van der Waals surface area contributed by atoms with Gasteiger partial charge in [0.05, 0.1) is 0 Å². The first-order valence-corrected chi connectivity index (χ1v) is 23.5. The van der Waals surface area contributed by atoms with Crippen LogP contribution in [0.4, 0.5) is 0 Å². The first-order chi connectivity index (χ1) is 34.2. The molecule has 1 unspecified atom stereocenters. The largest absolute Gasteiger partial charge is 0.455 e. The maximum absolute atomic E-state index is 6.93. The Kier molecular flexibility index (Phi) is 9.87. The standard InChI is InChI=1S/C65H43N3O/c1-3-15-42(16-4-1)44-31-35-46(36-32-44)63-66-64(47-37-33-45(34-38-47)43-17-5-2-6-18-43)68-65(67-63)53-24-13-22-51(41-53)49-20-11-19-48(39-49)50-21-12-23-52(40-50)54-29-14-30-59-60-57-27-9-7-25-55(57)56-26-8-10-28-58(56)62(60)69-61(54)59/h1-41,65H,(H,66,67,68). The molecule has 0 aliphatic carbocycles. The van der Waals surface area contributed by atoms with E-state index in [1.807, 2.05) is 12.1 Å². The minimum Gasteiger partial charge on any atom is -0.455 e. The van der Waals surface area contributed by atoms with Crippen LogP contribution in [0.1, 0.15) is 22.9 Å². The van der Waals surface area contributed by atoms with Gasteiger partial charge in [0.25, 0.3) is 0 Å². The molecule has 12 aromatic rings. The van der Waals surface area contributed by atoms with E-state index in [9.17, 15) is 0 Å². The fourth-order valence-electron chi connectivity index (χ4n) is 10.1. The molecule has 1 atom stereocenters. The summed E-state index contributed by atoms with van der Waals surface area (Å²) < 4.78 is 6.93. The van der Waals surface area contributed by atoms with Crippen LogP contribution in [0.2, 0.25) is 0 Å². The molecule has 4 nitrogen and oxygen atoms in total. The second-order valence-electron chi connectivity index (χ2n) is 17.7. The summed E-state index contributed by atoms with van der Waals surface area (Å²) in [5, 5.41) is 10.8. The summed E-state index contributed by atoms with van der Waals surface area (Å²) in [6.07, 6.45) is -0.369. The molecule has 69 heavy (non-hydrogen) atoms. The van der Waals surface area contributed by atoms with Crippen LogP contribution in [0.25, 0.3) is 99.1 Å². The number of nitrogens with zero attached hydrogens (tertiary/aromatic N) is 2. The average molecular weight is 882 g/mol. The Morgan fingerprint density at radius 3 is 1.42 bits per heavy atom. The Balaban J connectivity index is 0.842. The third kappa shape index (κ3) is 7.36. The Hall–Kier alpha value is -9.12. The van der Waals surface area contributed by atoms with Crippen LogP contribution in [0.3, 0.4) is 0 Å². The maximum Gasteiger partial charge on any atom is 0.159 e. The maximum atomic E-state index is 6.93. The minimum absolute atomic E-state index is 0.369. The zero-order valence-electron chi connectivity index (χ0n) is 37.6. The van der Waals surface area contributed by atoms with Crippen LogP contribution in [0.5, 0.6) is 0 Å². The second kappa shape index (κ2) is 16.9. The van der Waals surface area contributed by atoms with Crippen LogP contribution in [0, 0.1) is 0 Å². The number of para-hydroxylation sites is 1. The van der Waals surface area contributed by atoms with Crippen molar-refractivity contribution in [3.63, 3.8) is 0 Å². The van der Waals surface area contributed by atoms with Gasteiger partial charge < -0.3 is 9.73 Å². The van der Waals surface area contributed by atoms with Gasteiger partial charge in [-0.15, -0.1) is 0 Å². The van der Waals surface area contributed by atoms with Gasteiger partial charge in [-0.1, -0.05) is 231 Å². The lowest BCUT2D eigenvalue weighted by molar-refractivity contribution is 0.674. The summed E-state index contributed by atoms with van der Waals surface area (Å²) in [5.74, 6) is 1.47. The Labute approximate surface area is 400 Å². The molecule has 0 spiro atoms. The molecule has 0 saturated carbocycles. The van der Waals surface area contributed by atoms with Crippen molar-refractivity contribution in [2.24, 2.45) is 9.98 Å². The highest BCUT2D eigenvalue weighted by Gasteiger charge is 2.23. The third-order valence-corrected chi connectivity index (χ3v) is 13.5. The predicted octanol–water partition coefficient (Wildman–Crippen LogP) is 16.7. The smallest absolute Gasteiger partial charge is 0.159 e. The lowest BCUT2D eigenvalue weighted by Gasteiger charge is -2.24. The number of furan rings is 1. The van der Waals surface area contributed by atoms with Crippen LogP contribution in [-0.4, -0.2) is 11.7 Å². The lowest BCUT2D eigenvalue weighted by Crippen LogP contribution is -2.33. The third-order valence-electron chi connectivity index (χ3n) is 13.5. The number of rotatable bonds is 8. The van der Waals surface area contributed by atoms with Gasteiger partial charge in [-0.05, 0) is 90.0 Å². The lowest BCUT2D eigenvalue weighted by atomic mass is 9.94. The van der Waals surface area contributed by atoms with Crippen LogP contribution in [0.15, 0.2) is 263 Å². The Bertz CT molecular complexity index is 3960. The molecule has 1 aromatic heterocycles. The molecular weight excluding hydrogens is 839 g/mol. The van der Waals surface area contributed by atoms with Crippen molar-refractivity contribution in [2.75, 3.05) is 0 Å². The Morgan fingerprint density at radius 1 is 0.319 bits per heavy atom. The van der Waals surface area contributed by atoms with E-state index in [0.29, 0.717) is 5.84 Å². The molecule has 1 aliphatic rings. The van der Waals surface area contributed by atoms with Gasteiger partial charge in [0.1, 0.15) is 23.2 Å². The van der Waals surface area contributed by atoms with Crippen molar-refractivity contribution in [1.82, 2.24) is 5.32 Å². The topological polar surface area (TPSA) is 49.9 Å². The van der Waals surface area contributed by atoms with Crippen molar-refractivity contribution in [1.29, 1.82) is 0 Å². The molecular formula is C65H43N3O. The van der Waals surface area contributed by atoms with Crippen LogP contribution < -0.4 is 5.32 Å². The van der Waals surface area contributed by atoms with Crippen molar-refractivity contribution in [2.45, 2.75) is 6.17 Å². The van der Waals surface area contributed by atoms with E-state index < -0.39 is 0 Å². The molecule has 324 valence electrons. The summed E-state index contributed by atoms with van der Waals surface area (Å²) in [6.45, 7) is 0. The van der Waals surface area contributed by atoms with E-state index in [0.717, 1.165) is 94.4 Å². The van der Waals surface area contributed by atoms with E-state index in [2.05, 4.69) is 242 Å². The average Bonchev–Trinajstić information content (AvgIpc) is 3.84. The van der Waals surface area contributed by atoms with Crippen molar-refractivity contribution >= 4 is 55.2 Å². The highest BCUT2D eigenvalue weighted by Crippen LogP contribution is 2.44. The number of nitrogens with one attached hydrogen (secondary N) is 1. The first kappa shape index (κ1) is 40.2. The SMILES string of the molecule is c1ccc(-c2ccc(C3=NC(c4cccc(-c5cccc(-c6cccc(-c7cccc8c7oc7c9ccccc9c9ccccc9c87)c6)c5)c4)NC(c4ccc(-c5ccccc5)cc4)=N3)cc2)cc1. The molecule has 4 heteroatoms. The summed E-state index contributed by atoms with van der Waals surface area (Å²) in [7, 11) is 0. The fourth-order valence-corrected chi connectivity index (χ4v) is 10.1. The van der Waals surface area contributed by atoms with Crippen LogP contribution >= 0.6 is 0 Å². The van der Waals surface area contributed by atoms with Gasteiger partial charge in [-0.25, -0.2) is 9.98 Å². The quantitative estimate of drug-likeness (QED) is 0.155. The summed E-state index contributed by atoms with van der Waals surface area (Å²) in [6, 6.07) is 88.2. The molecule has 0 bridgehead atoms. The van der Waals surface area contributed by atoms with Gasteiger partial charge in [0.2, 0.25) is 0 Å². The molecule has 11 aromatic carbocycles. The van der Waals surface area contributed by atoms with Crippen molar-refractivity contribution < 1.29 is 4.42 Å². The molecule has 0 radical (unpaired) electrons. The van der Waals surface area contributed by atoms with E-state index >= 15 is 0 Å². The van der Waals surface area contributed by atoms with Gasteiger partial charge in [-0.3, -0.25) is 0 Å². The molecule has 1 N–H and O–H groups in total. The summed E-state index contributed by atoms with van der Waals surface area (Å²) >= 11 is 0. The monoisotopic (exact) mass is 881 g/mol. The first-order valence-electron chi connectivity index (χ1n) is 23.5. The van der Waals surface area contributed by atoms with Crippen molar-refractivity contribution in [3.05, 3.63) is 265 Å². The second-order valence-corrected chi connectivity index (χ2v) is 17.7. The molecule has 1 aliphatic heterocycles. The van der Waals surface area contributed by atoms with E-state index in [1.165, 1.54) is 27.3 Å². The predicted molar refractivity (Wildman–Crippen MR) is 288 cm³/mol. The Morgan fingerprint density at radius 2 is 0.768 bits per heavy atom. The molecule has 0 saturated heterocycles.